The van der Waals surface area contributed by atoms with Crippen molar-refractivity contribution in [2.24, 2.45) is 5.92 Å². The molecule has 0 radical (unpaired) electrons. The van der Waals surface area contributed by atoms with Gasteiger partial charge in [-0.25, -0.2) is 0 Å². The van der Waals surface area contributed by atoms with Crippen LogP contribution in [0.25, 0.3) is 44.2 Å². The van der Waals surface area contributed by atoms with Crippen molar-refractivity contribution >= 4 is 39.7 Å². The topological polar surface area (TPSA) is 50.4 Å². The third-order valence-corrected chi connectivity index (χ3v) is 7.77. The quantitative estimate of drug-likeness (QED) is 0.262. The summed E-state index contributed by atoms with van der Waals surface area (Å²) in [5, 5.41) is 11.3. The average molecular weight is 467 g/mol. The summed E-state index contributed by atoms with van der Waals surface area (Å²) in [5.74, 6) is 0.0545. The van der Waals surface area contributed by atoms with Crippen molar-refractivity contribution < 1.29 is 14.3 Å². The molecule has 0 fully saturated rings. The van der Waals surface area contributed by atoms with E-state index in [1.165, 1.54) is 17.3 Å². The minimum atomic E-state index is -0.740. The molecule has 0 aliphatic carbocycles. The number of fused-ring (bicyclic) bond motifs is 3. The van der Waals surface area contributed by atoms with Crippen molar-refractivity contribution in [2.45, 2.75) is 24.9 Å². The number of aliphatic carboxylic acids is 1. The van der Waals surface area contributed by atoms with Crippen LogP contribution in [0.3, 0.4) is 0 Å². The number of rotatable bonds is 7. The number of thioether (sulfide) groups is 1. The fourth-order valence-corrected chi connectivity index (χ4v) is 5.48. The highest BCUT2D eigenvalue weighted by atomic mass is 32.2. The third-order valence-electron chi connectivity index (χ3n) is 6.16. The molecule has 4 heteroatoms. The van der Waals surface area contributed by atoms with Gasteiger partial charge in [0.15, 0.2) is 0 Å². The first kappa shape index (κ1) is 22.3. The van der Waals surface area contributed by atoms with Crippen LogP contribution in [0.15, 0.2) is 95.4 Å². The summed E-state index contributed by atoms with van der Waals surface area (Å²) >= 11 is 1.49. The van der Waals surface area contributed by atoms with Crippen LogP contribution in [0.1, 0.15) is 19.4 Å². The predicted octanol–water partition coefficient (Wildman–Crippen LogP) is 8.26. The molecular weight excluding hydrogens is 440 g/mol. The molecule has 5 rings (SSSR count). The summed E-state index contributed by atoms with van der Waals surface area (Å²) in [7, 11) is 0. The molecule has 1 N–H and O–H groups in total. The SMILES string of the molecule is CC(C)C(SCc1ccc(-c2ccc(-c3cccc4oc5ccccc5c34)cc2)cc1)C(=O)O. The monoisotopic (exact) mass is 466 g/mol. The normalized spacial score (nSPS) is 12.4. The maximum absolute atomic E-state index is 11.4. The first-order chi connectivity index (χ1) is 16.5. The number of hydrogen-bond donors (Lipinski definition) is 1. The second kappa shape index (κ2) is 9.40. The minimum Gasteiger partial charge on any atom is -0.480 e. The van der Waals surface area contributed by atoms with E-state index >= 15 is 0 Å². The van der Waals surface area contributed by atoms with Crippen molar-refractivity contribution in [3.05, 3.63) is 96.6 Å². The zero-order valence-electron chi connectivity index (χ0n) is 19.2. The first-order valence-corrected chi connectivity index (χ1v) is 12.5. The Bertz CT molecular complexity index is 1450. The Morgan fingerprint density at radius 1 is 0.794 bits per heavy atom. The van der Waals surface area contributed by atoms with Gasteiger partial charge in [-0.1, -0.05) is 92.7 Å². The Kier molecular flexibility index (Phi) is 6.16. The number of carbonyl (C=O) groups is 1. The summed E-state index contributed by atoms with van der Waals surface area (Å²) in [6.45, 7) is 3.90. The third kappa shape index (κ3) is 4.34. The molecule has 1 atom stereocenters. The number of benzene rings is 4. The van der Waals surface area contributed by atoms with E-state index in [9.17, 15) is 9.90 Å². The van der Waals surface area contributed by atoms with Gasteiger partial charge in [0.25, 0.3) is 0 Å². The largest absolute Gasteiger partial charge is 0.480 e. The van der Waals surface area contributed by atoms with Crippen LogP contribution in [0.2, 0.25) is 0 Å². The molecule has 34 heavy (non-hydrogen) atoms. The molecule has 0 aliphatic heterocycles. The van der Waals surface area contributed by atoms with Gasteiger partial charge in [0.1, 0.15) is 16.4 Å². The van der Waals surface area contributed by atoms with Gasteiger partial charge in [0, 0.05) is 16.5 Å². The molecule has 0 saturated heterocycles. The highest BCUT2D eigenvalue weighted by molar-refractivity contribution is 7.99. The molecular formula is C30H26O3S. The van der Waals surface area contributed by atoms with E-state index in [0.717, 1.165) is 44.2 Å². The Morgan fingerprint density at radius 3 is 2.09 bits per heavy atom. The average Bonchev–Trinajstić information content (AvgIpc) is 3.23. The van der Waals surface area contributed by atoms with E-state index in [4.69, 9.17) is 4.42 Å². The van der Waals surface area contributed by atoms with Crippen molar-refractivity contribution in [1.29, 1.82) is 0 Å². The summed E-state index contributed by atoms with van der Waals surface area (Å²) < 4.78 is 6.05. The Morgan fingerprint density at radius 2 is 1.41 bits per heavy atom. The van der Waals surface area contributed by atoms with Crippen LogP contribution in [0.4, 0.5) is 0 Å². The second-order valence-corrected chi connectivity index (χ2v) is 9.99. The van der Waals surface area contributed by atoms with Gasteiger partial charge in [0.2, 0.25) is 0 Å². The summed E-state index contributed by atoms with van der Waals surface area (Å²) in [4.78, 5) is 11.4. The van der Waals surface area contributed by atoms with Crippen LogP contribution in [0.5, 0.6) is 0 Å². The van der Waals surface area contributed by atoms with Crippen molar-refractivity contribution in [3.8, 4) is 22.3 Å². The lowest BCUT2D eigenvalue weighted by Crippen LogP contribution is -2.22. The van der Waals surface area contributed by atoms with Gasteiger partial charge < -0.3 is 9.52 Å². The fraction of sp³-hybridized carbons (Fsp3) is 0.167. The summed E-state index contributed by atoms with van der Waals surface area (Å²) in [5.41, 5.74) is 7.56. The molecule has 0 amide bonds. The standard InChI is InChI=1S/C30H26O3S/c1-19(2)29(30(31)32)34-18-20-10-12-21(13-11-20)22-14-16-23(17-15-22)24-7-5-9-27-28(24)25-6-3-4-8-26(25)33-27/h3-17,19,29H,18H2,1-2H3,(H,31,32). The molecule has 1 unspecified atom stereocenters. The van der Waals surface area contributed by atoms with Crippen molar-refractivity contribution in [1.82, 2.24) is 0 Å². The van der Waals surface area contributed by atoms with E-state index in [-0.39, 0.29) is 11.2 Å². The molecule has 170 valence electrons. The predicted molar refractivity (Wildman–Crippen MR) is 142 cm³/mol. The number of furan rings is 1. The second-order valence-electron chi connectivity index (χ2n) is 8.87. The highest BCUT2D eigenvalue weighted by Crippen LogP contribution is 2.37. The Hall–Kier alpha value is -3.50. The molecule has 0 saturated carbocycles. The number of carboxylic acid groups (broad SMARTS) is 1. The molecule has 1 heterocycles. The molecule has 1 aromatic heterocycles. The highest BCUT2D eigenvalue weighted by Gasteiger charge is 2.21. The van der Waals surface area contributed by atoms with E-state index < -0.39 is 5.97 Å². The van der Waals surface area contributed by atoms with Crippen LogP contribution < -0.4 is 0 Å². The van der Waals surface area contributed by atoms with Crippen molar-refractivity contribution in [3.63, 3.8) is 0 Å². The number of hydrogen-bond acceptors (Lipinski definition) is 3. The number of para-hydroxylation sites is 1. The lowest BCUT2D eigenvalue weighted by atomic mass is 9.97. The molecule has 0 spiro atoms. The lowest BCUT2D eigenvalue weighted by molar-refractivity contribution is -0.137. The van der Waals surface area contributed by atoms with E-state index in [1.807, 2.05) is 44.2 Å². The van der Waals surface area contributed by atoms with Gasteiger partial charge in [-0.15, -0.1) is 11.8 Å². The van der Waals surface area contributed by atoms with Crippen molar-refractivity contribution in [2.75, 3.05) is 0 Å². The Balaban J connectivity index is 1.37. The van der Waals surface area contributed by atoms with Gasteiger partial charge in [-0.3, -0.25) is 4.79 Å². The summed E-state index contributed by atoms with van der Waals surface area (Å²) in [6, 6.07) is 31.4. The zero-order valence-corrected chi connectivity index (χ0v) is 20.0. The molecule has 3 nitrogen and oxygen atoms in total. The van der Waals surface area contributed by atoms with Crippen LogP contribution >= 0.6 is 11.8 Å². The minimum absolute atomic E-state index is 0.103. The molecule has 0 aliphatic rings. The van der Waals surface area contributed by atoms with Gasteiger partial charge in [-0.05, 0) is 45.9 Å². The van der Waals surface area contributed by atoms with E-state index in [1.54, 1.807) is 0 Å². The molecule has 4 aromatic carbocycles. The first-order valence-electron chi connectivity index (χ1n) is 11.5. The lowest BCUT2D eigenvalue weighted by Gasteiger charge is -2.15. The molecule has 0 bridgehead atoms. The van der Waals surface area contributed by atoms with E-state index in [0.29, 0.717) is 5.75 Å². The molecule has 5 aromatic rings. The van der Waals surface area contributed by atoms with Gasteiger partial charge in [0.05, 0.1) is 0 Å². The number of carboxylic acids is 1. The Labute approximate surface area is 203 Å². The zero-order chi connectivity index (χ0) is 23.7. The van der Waals surface area contributed by atoms with Gasteiger partial charge >= 0.3 is 5.97 Å². The van der Waals surface area contributed by atoms with E-state index in [2.05, 4.69) is 60.7 Å². The smallest absolute Gasteiger partial charge is 0.316 e. The maximum Gasteiger partial charge on any atom is 0.316 e. The van der Waals surface area contributed by atoms with Gasteiger partial charge in [-0.2, -0.15) is 0 Å². The van der Waals surface area contributed by atoms with Crippen LogP contribution in [-0.2, 0) is 10.5 Å². The van der Waals surface area contributed by atoms with Crippen LogP contribution in [0, 0.1) is 5.92 Å². The fourth-order valence-electron chi connectivity index (χ4n) is 4.39. The van der Waals surface area contributed by atoms with Crippen LogP contribution in [-0.4, -0.2) is 16.3 Å². The maximum atomic E-state index is 11.4. The summed E-state index contributed by atoms with van der Waals surface area (Å²) in [6.07, 6.45) is 0.